The van der Waals surface area contributed by atoms with Crippen molar-refractivity contribution in [3.8, 4) is 0 Å². The minimum atomic E-state index is -1.17. The molecule has 2 fully saturated rings. The number of rotatable bonds is 6. The Morgan fingerprint density at radius 2 is 1.48 bits per heavy atom. The van der Waals surface area contributed by atoms with Gasteiger partial charge in [-0.2, -0.15) is 0 Å². The van der Waals surface area contributed by atoms with Gasteiger partial charge in [0.2, 0.25) is 0 Å². The summed E-state index contributed by atoms with van der Waals surface area (Å²) in [6, 6.07) is 9.33. The molecule has 9 heteroatoms. The van der Waals surface area contributed by atoms with Gasteiger partial charge in [0, 0.05) is 38.7 Å². The lowest BCUT2D eigenvalue weighted by Gasteiger charge is -2.59. The molecular formula is C35H44O9. The Morgan fingerprint density at radius 3 is 2.07 bits per heavy atom. The van der Waals surface area contributed by atoms with Crippen LogP contribution in [0.3, 0.4) is 0 Å². The van der Waals surface area contributed by atoms with Crippen molar-refractivity contribution in [1.29, 1.82) is 0 Å². The highest BCUT2D eigenvalue weighted by Crippen LogP contribution is 2.60. The maximum atomic E-state index is 12.9. The third kappa shape index (κ3) is 6.39. The first-order valence-corrected chi connectivity index (χ1v) is 15.1. The van der Waals surface area contributed by atoms with E-state index in [1.54, 1.807) is 6.08 Å². The van der Waals surface area contributed by atoms with Crippen molar-refractivity contribution in [2.75, 3.05) is 0 Å². The van der Waals surface area contributed by atoms with Crippen molar-refractivity contribution in [2.24, 2.45) is 22.7 Å². The maximum absolute atomic E-state index is 12.9. The molecule has 2 bridgehead atoms. The number of esters is 4. The first kappa shape index (κ1) is 33.2. The SMILES string of the molecule is C=C1C(OC(=O)C=Cc2ccccc2)CC(O)C2(C)C1CC1CC(OC(C)=O)C(C)=C(C(OC(C)=O)C2OC(C)=O)C1(C)C. The van der Waals surface area contributed by atoms with Crippen LogP contribution in [0.2, 0.25) is 0 Å². The van der Waals surface area contributed by atoms with Gasteiger partial charge in [0.05, 0.1) is 6.10 Å². The van der Waals surface area contributed by atoms with Crippen molar-refractivity contribution in [2.45, 2.75) is 98.2 Å². The third-order valence-corrected chi connectivity index (χ3v) is 9.95. The molecule has 8 atom stereocenters. The summed E-state index contributed by atoms with van der Waals surface area (Å²) in [4.78, 5) is 50.3. The van der Waals surface area contributed by atoms with E-state index in [1.165, 1.54) is 26.8 Å². The van der Waals surface area contributed by atoms with Crippen LogP contribution in [-0.4, -0.2) is 59.5 Å². The standard InChI is InChI=1S/C35H44O9/c1-19-26-16-25-17-27(41-21(3)36)20(2)31(34(25,6)7)32(42-22(4)37)33(43-23(5)38)35(26,8)29(39)18-28(19)44-30(40)15-14-24-12-10-9-11-13-24/h9-15,25-29,32-33,39H,1,16-18H2,2-8H3. The molecular weight excluding hydrogens is 564 g/mol. The summed E-state index contributed by atoms with van der Waals surface area (Å²) in [5.74, 6) is -2.86. The topological polar surface area (TPSA) is 125 Å². The number of aliphatic hydroxyl groups excluding tert-OH is 1. The average molecular weight is 609 g/mol. The third-order valence-electron chi connectivity index (χ3n) is 9.95. The van der Waals surface area contributed by atoms with Gasteiger partial charge in [-0.1, -0.05) is 57.7 Å². The van der Waals surface area contributed by atoms with Gasteiger partial charge in [-0.05, 0) is 65.4 Å². The van der Waals surface area contributed by atoms with E-state index >= 15 is 0 Å². The fourth-order valence-corrected chi connectivity index (χ4v) is 7.67. The lowest BCUT2D eigenvalue weighted by atomic mass is 9.49. The molecule has 44 heavy (non-hydrogen) atoms. The molecule has 1 aromatic carbocycles. The van der Waals surface area contributed by atoms with E-state index in [1.807, 2.05) is 58.0 Å². The van der Waals surface area contributed by atoms with Crippen molar-refractivity contribution in [3.05, 3.63) is 65.3 Å². The lowest BCUT2D eigenvalue weighted by Crippen LogP contribution is -2.64. The van der Waals surface area contributed by atoms with Crippen LogP contribution in [0.5, 0.6) is 0 Å². The number of ether oxygens (including phenoxy) is 4. The number of hydrogen-bond donors (Lipinski definition) is 1. The van der Waals surface area contributed by atoms with E-state index in [0.717, 1.165) is 11.1 Å². The van der Waals surface area contributed by atoms with Crippen LogP contribution in [0.25, 0.3) is 6.08 Å². The normalized spacial score (nSPS) is 33.0. The summed E-state index contributed by atoms with van der Waals surface area (Å²) in [7, 11) is 0. The highest BCUT2D eigenvalue weighted by atomic mass is 16.6. The number of carbonyl (C=O) groups is 4. The lowest BCUT2D eigenvalue weighted by molar-refractivity contribution is -0.204. The second kappa shape index (κ2) is 12.7. The van der Waals surface area contributed by atoms with E-state index in [4.69, 9.17) is 18.9 Å². The smallest absolute Gasteiger partial charge is 0.331 e. The fourth-order valence-electron chi connectivity index (χ4n) is 7.67. The van der Waals surface area contributed by atoms with Gasteiger partial charge in [-0.25, -0.2) is 4.79 Å². The Balaban J connectivity index is 1.81. The van der Waals surface area contributed by atoms with Gasteiger partial charge in [0.1, 0.15) is 12.2 Å². The molecule has 3 aliphatic rings. The number of benzene rings is 1. The van der Waals surface area contributed by atoms with Gasteiger partial charge in [-0.3, -0.25) is 14.4 Å². The molecule has 8 unspecified atom stereocenters. The zero-order valence-corrected chi connectivity index (χ0v) is 26.6. The number of fused-ring (bicyclic) bond motifs is 3. The minimum Gasteiger partial charge on any atom is -0.458 e. The Kier molecular flexibility index (Phi) is 9.59. The van der Waals surface area contributed by atoms with Gasteiger partial charge >= 0.3 is 23.9 Å². The van der Waals surface area contributed by atoms with Crippen LogP contribution in [0.1, 0.15) is 73.3 Å². The highest BCUT2D eigenvalue weighted by molar-refractivity contribution is 5.87. The Labute approximate surface area is 259 Å². The number of aliphatic hydroxyl groups is 1. The Hall–Kier alpha value is -3.72. The van der Waals surface area contributed by atoms with E-state index in [0.29, 0.717) is 24.0 Å². The van der Waals surface area contributed by atoms with Gasteiger partial charge in [0.15, 0.2) is 12.2 Å². The maximum Gasteiger partial charge on any atom is 0.331 e. The number of hydrogen-bond acceptors (Lipinski definition) is 9. The summed E-state index contributed by atoms with van der Waals surface area (Å²) in [5.41, 5.74) is 1.09. The molecule has 1 aromatic rings. The van der Waals surface area contributed by atoms with Gasteiger partial charge in [0.25, 0.3) is 0 Å². The van der Waals surface area contributed by atoms with E-state index in [9.17, 15) is 24.3 Å². The molecule has 3 aliphatic carbocycles. The number of carbonyl (C=O) groups excluding carboxylic acids is 4. The fraction of sp³-hybridized carbons (Fsp3) is 0.543. The first-order valence-electron chi connectivity index (χ1n) is 15.1. The second-order valence-electron chi connectivity index (χ2n) is 13.1. The van der Waals surface area contributed by atoms with Crippen molar-refractivity contribution >= 4 is 30.0 Å². The highest BCUT2D eigenvalue weighted by Gasteiger charge is 2.63. The average Bonchev–Trinajstić information content (AvgIpc) is 2.93. The molecule has 9 nitrogen and oxygen atoms in total. The summed E-state index contributed by atoms with van der Waals surface area (Å²) in [5, 5.41) is 11.9. The summed E-state index contributed by atoms with van der Waals surface area (Å²) in [6.45, 7) is 16.0. The molecule has 0 amide bonds. The largest absolute Gasteiger partial charge is 0.458 e. The molecule has 2 saturated carbocycles. The molecule has 1 N–H and O–H groups in total. The first-order chi connectivity index (χ1) is 20.6. The van der Waals surface area contributed by atoms with Crippen molar-refractivity contribution in [1.82, 2.24) is 0 Å². The van der Waals surface area contributed by atoms with Crippen molar-refractivity contribution in [3.63, 3.8) is 0 Å². The minimum absolute atomic E-state index is 0.0173. The Bertz CT molecular complexity index is 1370. The molecule has 0 saturated heterocycles. The predicted molar refractivity (Wildman–Crippen MR) is 163 cm³/mol. The van der Waals surface area contributed by atoms with Crippen LogP contribution in [0, 0.1) is 22.7 Å². The van der Waals surface area contributed by atoms with Crippen molar-refractivity contribution < 1.29 is 43.2 Å². The molecule has 0 spiro atoms. The predicted octanol–water partition coefficient (Wildman–Crippen LogP) is 5.12. The molecule has 0 radical (unpaired) electrons. The molecule has 238 valence electrons. The molecule has 0 heterocycles. The summed E-state index contributed by atoms with van der Waals surface area (Å²) >= 11 is 0. The summed E-state index contributed by atoms with van der Waals surface area (Å²) < 4.78 is 23.6. The Morgan fingerprint density at radius 1 is 0.864 bits per heavy atom. The van der Waals surface area contributed by atoms with Crippen LogP contribution < -0.4 is 0 Å². The van der Waals surface area contributed by atoms with Gasteiger partial charge in [-0.15, -0.1) is 0 Å². The van der Waals surface area contributed by atoms with E-state index in [2.05, 4.69) is 6.58 Å². The zero-order chi connectivity index (χ0) is 32.6. The quantitative estimate of drug-likeness (QED) is 0.203. The van der Waals surface area contributed by atoms with Crippen LogP contribution >= 0.6 is 0 Å². The monoisotopic (exact) mass is 608 g/mol. The van der Waals surface area contributed by atoms with Crippen LogP contribution in [0.4, 0.5) is 0 Å². The molecule has 0 aromatic heterocycles. The van der Waals surface area contributed by atoms with Crippen LogP contribution in [0.15, 0.2) is 59.7 Å². The second-order valence-corrected chi connectivity index (χ2v) is 13.1. The molecule has 0 aliphatic heterocycles. The zero-order valence-electron chi connectivity index (χ0n) is 26.6. The van der Waals surface area contributed by atoms with E-state index < -0.39 is 71.1 Å². The molecule has 4 rings (SSSR count). The van der Waals surface area contributed by atoms with Gasteiger partial charge < -0.3 is 24.1 Å². The van der Waals surface area contributed by atoms with Crippen LogP contribution in [-0.2, 0) is 38.1 Å². The summed E-state index contributed by atoms with van der Waals surface area (Å²) in [6.07, 6.45) is -0.736. The van der Waals surface area contributed by atoms with E-state index in [-0.39, 0.29) is 12.3 Å².